The number of piperazine rings is 1. The van der Waals surface area contributed by atoms with Gasteiger partial charge in [0.15, 0.2) is 0 Å². The second kappa shape index (κ2) is 10.3. The SMILES string of the molecule is Cn1cc(-c2nc(C(=O)Nc3ccc(CN4CCN(Cc5ccccc5)CC4)cc3)cs2)cn1. The van der Waals surface area contributed by atoms with Gasteiger partial charge in [0, 0.05) is 69.1 Å². The van der Waals surface area contributed by atoms with Crippen LogP contribution in [0.5, 0.6) is 0 Å². The molecular formula is C26H28N6OS. The van der Waals surface area contributed by atoms with Crippen molar-refractivity contribution in [2.45, 2.75) is 13.1 Å². The molecule has 1 fully saturated rings. The standard InChI is InChI=1S/C26H28N6OS/c1-30-18-22(15-27-30)26-29-24(19-34-26)25(33)28-23-9-7-21(8-10-23)17-32-13-11-31(12-14-32)16-20-5-3-2-4-6-20/h2-10,15,18-19H,11-14,16-17H2,1H3,(H,28,33). The van der Waals surface area contributed by atoms with E-state index in [0.717, 1.165) is 55.5 Å². The quantitative estimate of drug-likeness (QED) is 0.438. The Balaban J connectivity index is 1.11. The molecule has 2 aromatic heterocycles. The average molecular weight is 473 g/mol. The fourth-order valence-corrected chi connectivity index (χ4v) is 4.91. The van der Waals surface area contributed by atoms with Crippen LogP contribution < -0.4 is 5.32 Å². The number of hydrogen-bond acceptors (Lipinski definition) is 6. The van der Waals surface area contributed by atoms with E-state index in [9.17, 15) is 4.79 Å². The summed E-state index contributed by atoms with van der Waals surface area (Å²) in [6.45, 7) is 6.23. The van der Waals surface area contributed by atoms with E-state index in [1.54, 1.807) is 16.3 Å². The fourth-order valence-electron chi connectivity index (χ4n) is 4.14. The van der Waals surface area contributed by atoms with Crippen molar-refractivity contribution in [2.75, 3.05) is 31.5 Å². The van der Waals surface area contributed by atoms with Gasteiger partial charge in [-0.3, -0.25) is 19.3 Å². The summed E-state index contributed by atoms with van der Waals surface area (Å²) in [4.78, 5) is 22.1. The van der Waals surface area contributed by atoms with Crippen molar-refractivity contribution in [3.8, 4) is 10.6 Å². The van der Waals surface area contributed by atoms with Crippen molar-refractivity contribution in [1.29, 1.82) is 0 Å². The zero-order chi connectivity index (χ0) is 23.3. The second-order valence-corrected chi connectivity index (χ2v) is 9.49. The maximum absolute atomic E-state index is 12.6. The van der Waals surface area contributed by atoms with Gasteiger partial charge in [-0.1, -0.05) is 42.5 Å². The summed E-state index contributed by atoms with van der Waals surface area (Å²) in [5.74, 6) is -0.200. The molecular weight excluding hydrogens is 444 g/mol. The number of nitrogens with zero attached hydrogens (tertiary/aromatic N) is 5. The van der Waals surface area contributed by atoms with E-state index in [2.05, 4.69) is 67.7 Å². The zero-order valence-corrected chi connectivity index (χ0v) is 20.0. The van der Waals surface area contributed by atoms with Gasteiger partial charge in [-0.2, -0.15) is 5.10 Å². The fraction of sp³-hybridized carbons (Fsp3) is 0.269. The van der Waals surface area contributed by atoms with E-state index >= 15 is 0 Å². The average Bonchev–Trinajstić information content (AvgIpc) is 3.52. The number of thiazole rings is 1. The lowest BCUT2D eigenvalue weighted by Gasteiger charge is -2.34. The summed E-state index contributed by atoms with van der Waals surface area (Å²) in [5.41, 5.74) is 4.73. The van der Waals surface area contributed by atoms with Crippen LogP contribution in [0, 0.1) is 0 Å². The molecule has 34 heavy (non-hydrogen) atoms. The molecule has 5 rings (SSSR count). The predicted octanol–water partition coefficient (Wildman–Crippen LogP) is 4.11. The maximum Gasteiger partial charge on any atom is 0.275 e. The van der Waals surface area contributed by atoms with E-state index < -0.39 is 0 Å². The molecule has 3 heterocycles. The Morgan fingerprint density at radius 3 is 2.21 bits per heavy atom. The van der Waals surface area contributed by atoms with Crippen LogP contribution >= 0.6 is 11.3 Å². The highest BCUT2D eigenvalue weighted by Crippen LogP contribution is 2.23. The van der Waals surface area contributed by atoms with Crippen molar-refractivity contribution in [3.05, 3.63) is 89.2 Å². The number of aromatic nitrogens is 3. The van der Waals surface area contributed by atoms with E-state index in [0.29, 0.717) is 5.69 Å². The molecule has 2 aromatic carbocycles. The summed E-state index contributed by atoms with van der Waals surface area (Å²) < 4.78 is 1.72. The van der Waals surface area contributed by atoms with Crippen molar-refractivity contribution < 1.29 is 4.79 Å². The third kappa shape index (κ3) is 5.59. The van der Waals surface area contributed by atoms with Crippen LogP contribution in [0.15, 0.2) is 72.4 Å². The summed E-state index contributed by atoms with van der Waals surface area (Å²) in [6.07, 6.45) is 3.64. The zero-order valence-electron chi connectivity index (χ0n) is 19.2. The van der Waals surface area contributed by atoms with Gasteiger partial charge in [-0.25, -0.2) is 4.98 Å². The number of hydrogen-bond donors (Lipinski definition) is 1. The number of aryl methyl sites for hydroxylation is 1. The first kappa shape index (κ1) is 22.5. The van der Waals surface area contributed by atoms with Crippen molar-refractivity contribution in [1.82, 2.24) is 24.6 Å². The highest BCUT2D eigenvalue weighted by atomic mass is 32.1. The van der Waals surface area contributed by atoms with Gasteiger partial charge in [0.25, 0.3) is 5.91 Å². The van der Waals surface area contributed by atoms with Crippen LogP contribution in [0.25, 0.3) is 10.6 Å². The number of rotatable bonds is 7. The molecule has 1 saturated heterocycles. The highest BCUT2D eigenvalue weighted by molar-refractivity contribution is 7.13. The highest BCUT2D eigenvalue weighted by Gasteiger charge is 2.17. The molecule has 174 valence electrons. The molecule has 0 aliphatic carbocycles. The molecule has 0 spiro atoms. The van der Waals surface area contributed by atoms with Crippen LogP contribution in [0.1, 0.15) is 21.6 Å². The lowest BCUT2D eigenvalue weighted by molar-refractivity contribution is 0.102. The lowest BCUT2D eigenvalue weighted by Crippen LogP contribution is -2.45. The van der Waals surface area contributed by atoms with Gasteiger partial charge in [-0.05, 0) is 23.3 Å². The minimum absolute atomic E-state index is 0.200. The molecule has 0 atom stereocenters. The number of anilines is 1. The molecule has 0 unspecified atom stereocenters. The number of nitrogens with one attached hydrogen (secondary N) is 1. The van der Waals surface area contributed by atoms with Crippen molar-refractivity contribution in [2.24, 2.45) is 7.05 Å². The molecule has 0 bridgehead atoms. The number of benzene rings is 2. The first-order valence-electron chi connectivity index (χ1n) is 11.5. The topological polar surface area (TPSA) is 66.3 Å². The molecule has 1 N–H and O–H groups in total. The monoisotopic (exact) mass is 472 g/mol. The van der Waals surface area contributed by atoms with Crippen LogP contribution in [-0.2, 0) is 20.1 Å². The van der Waals surface area contributed by atoms with Crippen LogP contribution in [0.2, 0.25) is 0 Å². The summed E-state index contributed by atoms with van der Waals surface area (Å²) >= 11 is 1.44. The Morgan fingerprint density at radius 2 is 1.59 bits per heavy atom. The molecule has 8 heteroatoms. The Hall–Kier alpha value is -3.33. The van der Waals surface area contributed by atoms with Gasteiger partial charge >= 0.3 is 0 Å². The Morgan fingerprint density at radius 1 is 0.941 bits per heavy atom. The van der Waals surface area contributed by atoms with Crippen LogP contribution in [0.3, 0.4) is 0 Å². The number of amides is 1. The molecule has 1 aliphatic rings. The first-order chi connectivity index (χ1) is 16.6. The van der Waals surface area contributed by atoms with Crippen molar-refractivity contribution >= 4 is 22.9 Å². The predicted molar refractivity (Wildman–Crippen MR) is 136 cm³/mol. The molecule has 1 amide bonds. The summed E-state index contributed by atoms with van der Waals surface area (Å²) in [6, 6.07) is 18.8. The third-order valence-corrected chi connectivity index (χ3v) is 6.91. The smallest absolute Gasteiger partial charge is 0.275 e. The van der Waals surface area contributed by atoms with Crippen LogP contribution in [0.4, 0.5) is 5.69 Å². The largest absolute Gasteiger partial charge is 0.321 e. The molecule has 0 radical (unpaired) electrons. The first-order valence-corrected chi connectivity index (χ1v) is 12.3. The van der Waals surface area contributed by atoms with E-state index in [-0.39, 0.29) is 5.91 Å². The Labute approximate surface area is 203 Å². The van der Waals surface area contributed by atoms with Gasteiger partial charge in [-0.15, -0.1) is 11.3 Å². The van der Waals surface area contributed by atoms with E-state index in [1.165, 1.54) is 22.5 Å². The Kier molecular flexibility index (Phi) is 6.80. The van der Waals surface area contributed by atoms with Gasteiger partial charge in [0.2, 0.25) is 0 Å². The molecule has 7 nitrogen and oxygen atoms in total. The lowest BCUT2D eigenvalue weighted by atomic mass is 10.1. The number of carbonyl (C=O) groups is 1. The normalized spacial score (nSPS) is 14.9. The summed E-state index contributed by atoms with van der Waals surface area (Å²) in [5, 5.41) is 9.69. The van der Waals surface area contributed by atoms with Gasteiger partial charge in [0.1, 0.15) is 10.7 Å². The van der Waals surface area contributed by atoms with Crippen LogP contribution in [-0.4, -0.2) is 56.7 Å². The van der Waals surface area contributed by atoms with Crippen molar-refractivity contribution in [3.63, 3.8) is 0 Å². The van der Waals surface area contributed by atoms with E-state index in [4.69, 9.17) is 0 Å². The Bertz CT molecular complexity index is 1230. The maximum atomic E-state index is 12.6. The van der Waals surface area contributed by atoms with Gasteiger partial charge < -0.3 is 5.32 Å². The molecule has 1 aliphatic heterocycles. The second-order valence-electron chi connectivity index (χ2n) is 8.63. The summed E-state index contributed by atoms with van der Waals surface area (Å²) in [7, 11) is 1.86. The third-order valence-electron chi connectivity index (χ3n) is 6.02. The van der Waals surface area contributed by atoms with Gasteiger partial charge in [0.05, 0.1) is 6.20 Å². The molecule has 0 saturated carbocycles. The minimum atomic E-state index is -0.200. The minimum Gasteiger partial charge on any atom is -0.321 e. The molecule has 4 aromatic rings. The van der Waals surface area contributed by atoms with E-state index in [1.807, 2.05) is 25.4 Å². The number of carbonyl (C=O) groups excluding carboxylic acids is 1.